The standard InChI is InChI=1S/C22H23N5O2.C2HF3O2/c1-28-18-6-4-17(5-7-18)20-15-24-22-21(23-8-9-27(20)22)26-12-10-25(11-13-26)16-19-3-2-14-29-19;3-2(4,5)1(6)7/h2-9,14-15H,10-13,16H2,1H3;(H,6,7). The topological polar surface area (TPSA) is 96.3 Å². The number of benzene rings is 1. The molecule has 4 heterocycles. The zero-order valence-electron chi connectivity index (χ0n) is 19.4. The molecule has 0 unspecified atom stereocenters. The SMILES string of the molecule is COc1ccc(-c2cnc3c(N4CCN(Cc5ccco5)CC4)nccn23)cc1.O=C(O)C(F)(F)F. The number of imidazole rings is 1. The fraction of sp³-hybridized carbons (Fsp3) is 0.292. The molecule has 0 bridgehead atoms. The summed E-state index contributed by atoms with van der Waals surface area (Å²) in [5.74, 6) is 0.0332. The number of aliphatic carboxylic acids is 1. The van der Waals surface area contributed by atoms with Crippen LogP contribution in [0.1, 0.15) is 5.76 Å². The monoisotopic (exact) mass is 503 g/mol. The number of halogens is 3. The van der Waals surface area contributed by atoms with Crippen LogP contribution in [0.3, 0.4) is 0 Å². The number of piperazine rings is 1. The van der Waals surface area contributed by atoms with Crippen molar-refractivity contribution in [1.82, 2.24) is 19.3 Å². The van der Waals surface area contributed by atoms with Crippen LogP contribution in [0.4, 0.5) is 19.0 Å². The molecule has 1 saturated heterocycles. The maximum atomic E-state index is 10.6. The van der Waals surface area contributed by atoms with E-state index in [9.17, 15) is 13.2 Å². The van der Waals surface area contributed by atoms with Gasteiger partial charge in [0.15, 0.2) is 11.5 Å². The third-order valence-corrected chi connectivity index (χ3v) is 5.67. The summed E-state index contributed by atoms with van der Waals surface area (Å²) in [5, 5.41) is 7.12. The van der Waals surface area contributed by atoms with Gasteiger partial charge in [0.05, 0.1) is 31.8 Å². The summed E-state index contributed by atoms with van der Waals surface area (Å²) in [6.45, 7) is 4.62. The van der Waals surface area contributed by atoms with Crippen LogP contribution in [0.2, 0.25) is 0 Å². The summed E-state index contributed by atoms with van der Waals surface area (Å²) in [7, 11) is 1.68. The lowest BCUT2D eigenvalue weighted by atomic mass is 10.1. The summed E-state index contributed by atoms with van der Waals surface area (Å²) in [6.07, 6.45) is 2.38. The number of methoxy groups -OCH3 is 1. The summed E-state index contributed by atoms with van der Waals surface area (Å²) in [5.41, 5.74) is 3.03. The molecule has 0 spiro atoms. The minimum Gasteiger partial charge on any atom is -0.497 e. The number of ether oxygens (including phenoxy) is 1. The molecule has 190 valence electrons. The largest absolute Gasteiger partial charge is 0.497 e. The minimum atomic E-state index is -5.08. The molecule has 0 radical (unpaired) electrons. The molecule has 4 aromatic rings. The van der Waals surface area contributed by atoms with Gasteiger partial charge < -0.3 is 19.2 Å². The zero-order valence-corrected chi connectivity index (χ0v) is 19.4. The van der Waals surface area contributed by atoms with Crippen molar-refractivity contribution in [3.63, 3.8) is 0 Å². The Morgan fingerprint density at radius 2 is 1.81 bits per heavy atom. The molecule has 5 rings (SSSR count). The van der Waals surface area contributed by atoms with Crippen molar-refractivity contribution in [2.45, 2.75) is 12.7 Å². The second kappa shape index (κ2) is 10.7. The predicted molar refractivity (Wildman–Crippen MR) is 125 cm³/mol. The van der Waals surface area contributed by atoms with Crippen LogP contribution in [-0.2, 0) is 11.3 Å². The lowest BCUT2D eigenvalue weighted by molar-refractivity contribution is -0.192. The van der Waals surface area contributed by atoms with E-state index in [-0.39, 0.29) is 0 Å². The van der Waals surface area contributed by atoms with Gasteiger partial charge in [-0.1, -0.05) is 0 Å². The number of alkyl halides is 3. The first-order valence-corrected chi connectivity index (χ1v) is 11.0. The maximum absolute atomic E-state index is 10.6. The summed E-state index contributed by atoms with van der Waals surface area (Å²) in [4.78, 5) is 23.0. The quantitative estimate of drug-likeness (QED) is 0.437. The Morgan fingerprint density at radius 1 is 1.11 bits per heavy atom. The highest BCUT2D eigenvalue weighted by Crippen LogP contribution is 2.27. The molecule has 0 amide bonds. The molecule has 1 N–H and O–H groups in total. The van der Waals surface area contributed by atoms with Crippen molar-refractivity contribution in [3.8, 4) is 17.0 Å². The van der Waals surface area contributed by atoms with E-state index in [2.05, 4.69) is 31.3 Å². The van der Waals surface area contributed by atoms with Crippen LogP contribution >= 0.6 is 0 Å². The Balaban J connectivity index is 0.000000384. The third-order valence-electron chi connectivity index (χ3n) is 5.67. The summed E-state index contributed by atoms with van der Waals surface area (Å²) in [6, 6.07) is 12.0. The Bertz CT molecular complexity index is 1280. The van der Waals surface area contributed by atoms with Crippen molar-refractivity contribution >= 4 is 17.4 Å². The van der Waals surface area contributed by atoms with E-state index in [0.29, 0.717) is 0 Å². The number of carboxylic acids is 1. The van der Waals surface area contributed by atoms with Crippen LogP contribution in [0.15, 0.2) is 65.7 Å². The molecule has 0 atom stereocenters. The molecular weight excluding hydrogens is 479 g/mol. The molecule has 1 fully saturated rings. The molecule has 36 heavy (non-hydrogen) atoms. The van der Waals surface area contributed by atoms with Gasteiger partial charge in [0.2, 0.25) is 0 Å². The van der Waals surface area contributed by atoms with E-state index in [1.54, 1.807) is 13.4 Å². The van der Waals surface area contributed by atoms with E-state index in [1.165, 1.54) is 0 Å². The number of carboxylic acid groups (broad SMARTS) is 1. The fourth-order valence-corrected chi connectivity index (χ4v) is 3.84. The van der Waals surface area contributed by atoms with Crippen LogP contribution in [-0.4, -0.2) is 69.8 Å². The van der Waals surface area contributed by atoms with Crippen molar-refractivity contribution in [1.29, 1.82) is 0 Å². The van der Waals surface area contributed by atoms with Crippen molar-refractivity contribution in [2.75, 3.05) is 38.2 Å². The number of rotatable bonds is 5. The maximum Gasteiger partial charge on any atom is 0.490 e. The van der Waals surface area contributed by atoms with Crippen LogP contribution in [0.25, 0.3) is 16.9 Å². The molecule has 1 aliphatic rings. The normalized spacial score (nSPS) is 14.4. The van der Waals surface area contributed by atoms with Crippen molar-refractivity contribution in [3.05, 3.63) is 67.0 Å². The summed E-state index contributed by atoms with van der Waals surface area (Å²) < 4.78 is 44.6. The average Bonchev–Trinajstić information content (AvgIpc) is 3.54. The van der Waals surface area contributed by atoms with Crippen molar-refractivity contribution < 1.29 is 32.2 Å². The van der Waals surface area contributed by atoms with E-state index < -0.39 is 12.1 Å². The van der Waals surface area contributed by atoms with E-state index in [1.807, 2.05) is 42.9 Å². The highest BCUT2D eigenvalue weighted by Gasteiger charge is 2.38. The van der Waals surface area contributed by atoms with Crippen LogP contribution in [0, 0.1) is 0 Å². The van der Waals surface area contributed by atoms with Gasteiger partial charge in [-0.25, -0.2) is 14.8 Å². The Labute approximate surface area is 204 Å². The molecule has 1 aliphatic heterocycles. The molecule has 0 aliphatic carbocycles. The molecule has 9 nitrogen and oxygen atoms in total. The Kier molecular flexibility index (Phi) is 7.44. The molecular formula is C24H24F3N5O4. The molecule has 12 heteroatoms. The number of anilines is 1. The molecule has 3 aromatic heterocycles. The van der Waals surface area contributed by atoms with E-state index in [0.717, 1.165) is 67.0 Å². The van der Waals surface area contributed by atoms with Gasteiger partial charge in [0, 0.05) is 44.1 Å². The van der Waals surface area contributed by atoms with E-state index >= 15 is 0 Å². The third kappa shape index (κ3) is 5.77. The molecule has 0 saturated carbocycles. The van der Waals surface area contributed by atoms with E-state index in [4.69, 9.17) is 24.0 Å². The molecule has 1 aromatic carbocycles. The Hall–Kier alpha value is -4.06. The Morgan fingerprint density at radius 3 is 2.39 bits per heavy atom. The number of hydrogen-bond acceptors (Lipinski definition) is 7. The fourth-order valence-electron chi connectivity index (χ4n) is 3.84. The van der Waals surface area contributed by atoms with Gasteiger partial charge in [-0.3, -0.25) is 9.30 Å². The first kappa shape index (κ1) is 25.0. The second-order valence-electron chi connectivity index (χ2n) is 7.96. The highest BCUT2D eigenvalue weighted by atomic mass is 19.4. The van der Waals surface area contributed by atoms with Gasteiger partial charge in [-0.15, -0.1) is 0 Å². The number of nitrogens with zero attached hydrogens (tertiary/aromatic N) is 5. The highest BCUT2D eigenvalue weighted by molar-refractivity contribution is 5.73. The van der Waals surface area contributed by atoms with Gasteiger partial charge in [0.25, 0.3) is 0 Å². The predicted octanol–water partition coefficient (Wildman–Crippen LogP) is 3.95. The van der Waals surface area contributed by atoms with Gasteiger partial charge in [-0.05, 0) is 36.4 Å². The van der Waals surface area contributed by atoms with Crippen molar-refractivity contribution in [2.24, 2.45) is 0 Å². The number of fused-ring (bicyclic) bond motifs is 1. The second-order valence-corrected chi connectivity index (χ2v) is 7.96. The first-order valence-electron chi connectivity index (χ1n) is 11.0. The smallest absolute Gasteiger partial charge is 0.490 e. The number of aromatic nitrogens is 3. The number of hydrogen-bond donors (Lipinski definition) is 1. The van der Waals surface area contributed by atoms with Crippen LogP contribution < -0.4 is 9.64 Å². The summed E-state index contributed by atoms with van der Waals surface area (Å²) >= 11 is 0. The van der Waals surface area contributed by atoms with Crippen LogP contribution in [0.5, 0.6) is 5.75 Å². The first-order chi connectivity index (χ1) is 17.3. The lowest BCUT2D eigenvalue weighted by Gasteiger charge is -2.34. The zero-order chi connectivity index (χ0) is 25.7. The average molecular weight is 503 g/mol. The van der Waals surface area contributed by atoms with Gasteiger partial charge in [0.1, 0.15) is 11.5 Å². The lowest BCUT2D eigenvalue weighted by Crippen LogP contribution is -2.46. The number of furan rings is 1. The number of carbonyl (C=O) groups is 1. The van der Waals surface area contributed by atoms with Gasteiger partial charge >= 0.3 is 12.1 Å². The van der Waals surface area contributed by atoms with Gasteiger partial charge in [-0.2, -0.15) is 13.2 Å². The minimum absolute atomic E-state index is 0.845.